The Hall–Kier alpha value is -1.00. The van der Waals surface area contributed by atoms with Crippen LogP contribution in [0.4, 0.5) is 5.69 Å². The van der Waals surface area contributed by atoms with E-state index in [1.54, 1.807) is 6.07 Å². The van der Waals surface area contributed by atoms with Gasteiger partial charge in [0.15, 0.2) is 0 Å². The van der Waals surface area contributed by atoms with Crippen molar-refractivity contribution in [3.05, 3.63) is 29.3 Å². The van der Waals surface area contributed by atoms with Gasteiger partial charge in [0, 0.05) is 0 Å². The lowest BCUT2D eigenvalue weighted by Gasteiger charge is -2.09. The Kier molecular flexibility index (Phi) is 3.79. The summed E-state index contributed by atoms with van der Waals surface area (Å²) in [5, 5.41) is 0.883. The molecule has 1 aromatic rings. The van der Waals surface area contributed by atoms with Crippen molar-refractivity contribution in [2.45, 2.75) is 0 Å². The van der Waals surface area contributed by atoms with E-state index in [1.807, 2.05) is 18.2 Å². The van der Waals surface area contributed by atoms with Crippen molar-refractivity contribution in [1.29, 1.82) is 0 Å². The highest BCUT2D eigenvalue weighted by Gasteiger charge is 1.97. The van der Waals surface area contributed by atoms with E-state index in [0.29, 0.717) is 5.02 Å². The van der Waals surface area contributed by atoms with Crippen LogP contribution in [0.2, 0.25) is 5.02 Å². The van der Waals surface area contributed by atoms with E-state index in [0.717, 1.165) is 5.69 Å². The number of nitrogens with one attached hydrogen (secondary N) is 2. The standard InChI is InChI=1S/C8H9ClN2OS/c1-12-8(13)11-10-7-5-3-2-4-6(7)9/h2-5,10H,1H3,(H,11,13). The number of thiocarbonyl (C=S) groups is 1. The number of methoxy groups -OCH3 is 1. The number of para-hydroxylation sites is 1. The molecule has 13 heavy (non-hydrogen) atoms. The van der Waals surface area contributed by atoms with Gasteiger partial charge in [0.2, 0.25) is 0 Å². The number of hydrogen-bond donors (Lipinski definition) is 2. The molecule has 1 aromatic carbocycles. The Morgan fingerprint density at radius 1 is 1.46 bits per heavy atom. The van der Waals surface area contributed by atoms with Gasteiger partial charge in [-0.1, -0.05) is 23.7 Å². The van der Waals surface area contributed by atoms with Crippen molar-refractivity contribution in [2.24, 2.45) is 0 Å². The molecule has 0 spiro atoms. The number of rotatable bonds is 2. The van der Waals surface area contributed by atoms with Gasteiger partial charge in [0.1, 0.15) is 0 Å². The zero-order valence-corrected chi connectivity index (χ0v) is 8.58. The van der Waals surface area contributed by atoms with Gasteiger partial charge in [-0.05, 0) is 24.4 Å². The molecule has 0 saturated carbocycles. The zero-order valence-electron chi connectivity index (χ0n) is 7.00. The molecule has 0 aliphatic rings. The van der Waals surface area contributed by atoms with Crippen molar-refractivity contribution in [3.63, 3.8) is 0 Å². The highest BCUT2D eigenvalue weighted by Crippen LogP contribution is 2.19. The normalized spacial score (nSPS) is 9.08. The first kappa shape index (κ1) is 10.1. The predicted molar refractivity (Wildman–Crippen MR) is 57.8 cm³/mol. The van der Waals surface area contributed by atoms with Crippen LogP contribution in [0, 0.1) is 0 Å². The molecule has 1 rings (SSSR count). The maximum absolute atomic E-state index is 5.86. The number of halogens is 1. The lowest BCUT2D eigenvalue weighted by atomic mass is 10.3. The molecule has 0 aromatic heterocycles. The van der Waals surface area contributed by atoms with Crippen molar-refractivity contribution < 1.29 is 4.74 Å². The molecule has 3 nitrogen and oxygen atoms in total. The number of hydrazine groups is 1. The van der Waals surface area contributed by atoms with Gasteiger partial charge in [-0.2, -0.15) is 0 Å². The average Bonchev–Trinajstić information content (AvgIpc) is 2.16. The molecule has 0 aliphatic heterocycles. The van der Waals surface area contributed by atoms with E-state index < -0.39 is 0 Å². The lowest BCUT2D eigenvalue weighted by Crippen LogP contribution is -2.28. The predicted octanol–water partition coefficient (Wildman–Crippen LogP) is 2.19. The third-order valence-electron chi connectivity index (χ3n) is 1.36. The Morgan fingerprint density at radius 3 is 2.77 bits per heavy atom. The van der Waals surface area contributed by atoms with E-state index in [9.17, 15) is 0 Å². The van der Waals surface area contributed by atoms with E-state index in [-0.39, 0.29) is 5.17 Å². The largest absolute Gasteiger partial charge is 0.473 e. The highest BCUT2D eigenvalue weighted by molar-refractivity contribution is 7.80. The number of ether oxygens (including phenoxy) is 1. The van der Waals surface area contributed by atoms with Gasteiger partial charge in [-0.15, -0.1) is 0 Å². The summed E-state index contributed by atoms with van der Waals surface area (Å²) in [6, 6.07) is 7.32. The molecule has 0 radical (unpaired) electrons. The fourth-order valence-corrected chi connectivity index (χ4v) is 0.966. The molecule has 0 saturated heterocycles. The van der Waals surface area contributed by atoms with E-state index >= 15 is 0 Å². The molecule has 0 bridgehead atoms. The van der Waals surface area contributed by atoms with Crippen LogP contribution in [-0.2, 0) is 4.74 Å². The third-order valence-corrected chi connectivity index (χ3v) is 1.96. The summed E-state index contributed by atoms with van der Waals surface area (Å²) in [5.74, 6) is 0. The van der Waals surface area contributed by atoms with Crippen molar-refractivity contribution in [1.82, 2.24) is 5.43 Å². The molecule has 5 heteroatoms. The highest BCUT2D eigenvalue weighted by atomic mass is 35.5. The molecule has 2 N–H and O–H groups in total. The summed E-state index contributed by atoms with van der Waals surface area (Å²) in [4.78, 5) is 0. The molecule has 0 fully saturated rings. The maximum Gasteiger partial charge on any atom is 0.275 e. The van der Waals surface area contributed by atoms with Crippen molar-refractivity contribution in [2.75, 3.05) is 12.5 Å². The first-order valence-electron chi connectivity index (χ1n) is 3.58. The summed E-state index contributed by atoms with van der Waals surface area (Å²) < 4.78 is 4.73. The number of hydrogen-bond acceptors (Lipinski definition) is 3. The van der Waals surface area contributed by atoms with Crippen LogP contribution in [0.1, 0.15) is 0 Å². The second kappa shape index (κ2) is 4.89. The topological polar surface area (TPSA) is 33.3 Å². The van der Waals surface area contributed by atoms with Crippen molar-refractivity contribution in [3.8, 4) is 0 Å². The molecular formula is C8H9ClN2OS. The second-order valence-corrected chi connectivity index (χ2v) is 3.00. The smallest absolute Gasteiger partial charge is 0.275 e. The minimum atomic E-state index is 0.264. The quantitative estimate of drug-likeness (QED) is 0.587. The fourth-order valence-electron chi connectivity index (χ4n) is 0.732. The summed E-state index contributed by atoms with van der Waals surface area (Å²) in [6.45, 7) is 0. The average molecular weight is 217 g/mol. The van der Waals surface area contributed by atoms with Crippen LogP contribution < -0.4 is 10.9 Å². The van der Waals surface area contributed by atoms with E-state index in [4.69, 9.17) is 28.6 Å². The van der Waals surface area contributed by atoms with Crippen LogP contribution in [0.15, 0.2) is 24.3 Å². The first-order valence-corrected chi connectivity index (χ1v) is 4.37. The Balaban J connectivity index is 2.54. The van der Waals surface area contributed by atoms with Crippen molar-refractivity contribution >= 4 is 34.7 Å². The van der Waals surface area contributed by atoms with E-state index in [1.165, 1.54) is 7.11 Å². The summed E-state index contributed by atoms with van der Waals surface area (Å²) >= 11 is 10.6. The van der Waals surface area contributed by atoms with Gasteiger partial charge in [0.05, 0.1) is 17.8 Å². The molecule has 70 valence electrons. The minimum absolute atomic E-state index is 0.264. The van der Waals surface area contributed by atoms with Gasteiger partial charge >= 0.3 is 0 Å². The van der Waals surface area contributed by atoms with Gasteiger partial charge in [-0.3, -0.25) is 10.9 Å². The monoisotopic (exact) mass is 216 g/mol. The minimum Gasteiger partial charge on any atom is -0.473 e. The summed E-state index contributed by atoms with van der Waals surface area (Å²) in [7, 11) is 1.49. The van der Waals surface area contributed by atoms with Crippen LogP contribution >= 0.6 is 23.8 Å². The third kappa shape index (κ3) is 3.08. The van der Waals surface area contributed by atoms with Crippen LogP contribution in [0.25, 0.3) is 0 Å². The Bertz CT molecular complexity index is 306. The molecule has 0 amide bonds. The van der Waals surface area contributed by atoms with Crippen LogP contribution in [0.3, 0.4) is 0 Å². The molecular weight excluding hydrogens is 208 g/mol. The van der Waals surface area contributed by atoms with Gasteiger partial charge < -0.3 is 4.74 Å². The molecule has 0 unspecified atom stereocenters. The van der Waals surface area contributed by atoms with Gasteiger partial charge in [-0.25, -0.2) is 0 Å². The SMILES string of the molecule is COC(=S)NNc1ccccc1Cl. The maximum atomic E-state index is 5.86. The van der Waals surface area contributed by atoms with Crippen LogP contribution in [0.5, 0.6) is 0 Å². The molecule has 0 atom stereocenters. The molecule has 0 heterocycles. The first-order chi connectivity index (χ1) is 6.24. The summed E-state index contributed by atoms with van der Waals surface area (Å²) in [6.07, 6.45) is 0. The number of benzene rings is 1. The fraction of sp³-hybridized carbons (Fsp3) is 0.125. The van der Waals surface area contributed by atoms with Gasteiger partial charge in [0.25, 0.3) is 5.17 Å². The molecule has 0 aliphatic carbocycles. The lowest BCUT2D eigenvalue weighted by molar-refractivity contribution is 0.397. The number of anilines is 1. The summed E-state index contributed by atoms with van der Waals surface area (Å²) in [5.41, 5.74) is 6.23. The Morgan fingerprint density at radius 2 is 2.15 bits per heavy atom. The van der Waals surface area contributed by atoms with E-state index in [2.05, 4.69) is 10.9 Å². The second-order valence-electron chi connectivity index (χ2n) is 2.22. The van der Waals surface area contributed by atoms with Crippen LogP contribution in [-0.4, -0.2) is 12.3 Å². The zero-order chi connectivity index (χ0) is 9.68. The Labute approximate surface area is 87.0 Å².